The van der Waals surface area contributed by atoms with Crippen LogP contribution in [0.1, 0.15) is 31.9 Å². The molecular formula is C13H17F3S. The fourth-order valence-corrected chi connectivity index (χ4v) is 2.03. The molecule has 0 atom stereocenters. The van der Waals surface area contributed by atoms with E-state index >= 15 is 0 Å². The smallest absolute Gasteiger partial charge is 0.160 e. The van der Waals surface area contributed by atoms with E-state index in [1.165, 1.54) is 5.56 Å². The Labute approximate surface area is 105 Å². The lowest BCUT2D eigenvalue weighted by molar-refractivity contribution is -0.0327. The van der Waals surface area contributed by atoms with Crippen LogP contribution in [-0.4, -0.2) is 11.3 Å². The van der Waals surface area contributed by atoms with E-state index in [1.54, 1.807) is 0 Å². The van der Waals surface area contributed by atoms with Crippen molar-refractivity contribution in [2.24, 2.45) is 0 Å². The Balaban J connectivity index is 2.52. The van der Waals surface area contributed by atoms with Crippen molar-refractivity contribution in [2.45, 2.75) is 38.1 Å². The highest BCUT2D eigenvalue weighted by molar-refractivity contribution is 8.00. The summed E-state index contributed by atoms with van der Waals surface area (Å²) in [5, 5.41) is 0. The van der Waals surface area contributed by atoms with Crippen LogP contribution >= 0.6 is 11.8 Å². The predicted octanol–water partition coefficient (Wildman–Crippen LogP) is 4.78. The second kappa shape index (κ2) is 5.34. The Hall–Kier alpha value is -0.640. The summed E-state index contributed by atoms with van der Waals surface area (Å²) in [7, 11) is 0. The number of thioether (sulfide) groups is 1. The molecule has 1 aromatic rings. The van der Waals surface area contributed by atoms with Gasteiger partial charge in [0.1, 0.15) is 0 Å². The molecule has 0 N–H and O–H groups in total. The van der Waals surface area contributed by atoms with Gasteiger partial charge >= 0.3 is 5.51 Å². The van der Waals surface area contributed by atoms with E-state index < -0.39 is 5.51 Å². The third-order valence-electron chi connectivity index (χ3n) is 2.48. The molecule has 0 saturated heterocycles. The SMILES string of the molecule is CC(C)(C)c1ccc(CCSC(F)(F)F)cc1. The molecule has 0 bridgehead atoms. The van der Waals surface area contributed by atoms with Gasteiger partial charge in [-0.05, 0) is 23.0 Å². The Kier molecular flexibility index (Phi) is 4.53. The molecule has 0 amide bonds. The monoisotopic (exact) mass is 262 g/mol. The van der Waals surface area contributed by atoms with Gasteiger partial charge in [-0.15, -0.1) is 0 Å². The molecule has 0 nitrogen and oxygen atoms in total. The Morgan fingerprint density at radius 2 is 1.53 bits per heavy atom. The van der Waals surface area contributed by atoms with E-state index in [2.05, 4.69) is 20.8 Å². The van der Waals surface area contributed by atoms with Gasteiger partial charge in [0.05, 0.1) is 0 Å². The minimum absolute atomic E-state index is 0.0381. The number of hydrogen-bond acceptors (Lipinski definition) is 1. The van der Waals surface area contributed by atoms with E-state index in [0.29, 0.717) is 6.42 Å². The highest BCUT2D eigenvalue weighted by atomic mass is 32.2. The first kappa shape index (κ1) is 14.4. The predicted molar refractivity (Wildman–Crippen MR) is 67.4 cm³/mol. The lowest BCUT2D eigenvalue weighted by Gasteiger charge is -2.19. The lowest BCUT2D eigenvalue weighted by Crippen LogP contribution is -2.10. The molecule has 96 valence electrons. The van der Waals surface area contributed by atoms with Crippen molar-refractivity contribution >= 4 is 11.8 Å². The average Bonchev–Trinajstić information content (AvgIpc) is 2.15. The molecule has 1 rings (SSSR count). The largest absolute Gasteiger partial charge is 0.441 e. The summed E-state index contributed by atoms with van der Waals surface area (Å²) in [5.74, 6) is 0.0817. The third-order valence-corrected chi connectivity index (χ3v) is 3.21. The molecule has 0 heterocycles. The second-order valence-corrected chi connectivity index (χ2v) is 6.15. The van der Waals surface area contributed by atoms with Crippen LogP contribution in [-0.2, 0) is 11.8 Å². The van der Waals surface area contributed by atoms with E-state index in [-0.39, 0.29) is 22.9 Å². The molecule has 0 radical (unpaired) electrons. The zero-order valence-corrected chi connectivity index (χ0v) is 11.1. The summed E-state index contributed by atoms with van der Waals surface area (Å²) in [4.78, 5) is 0. The molecular weight excluding hydrogens is 245 g/mol. The van der Waals surface area contributed by atoms with Crippen LogP contribution in [0.4, 0.5) is 13.2 Å². The maximum Gasteiger partial charge on any atom is 0.441 e. The van der Waals surface area contributed by atoms with Crippen LogP contribution < -0.4 is 0 Å². The first-order chi connectivity index (χ1) is 7.68. The number of aryl methyl sites for hydroxylation is 1. The molecule has 0 aliphatic rings. The van der Waals surface area contributed by atoms with Gasteiger partial charge < -0.3 is 0 Å². The second-order valence-electron chi connectivity index (χ2n) is 4.99. The van der Waals surface area contributed by atoms with E-state index in [0.717, 1.165) is 5.56 Å². The zero-order valence-electron chi connectivity index (χ0n) is 10.3. The third kappa shape index (κ3) is 5.48. The first-order valence-electron chi connectivity index (χ1n) is 5.48. The van der Waals surface area contributed by atoms with Crippen molar-refractivity contribution in [1.29, 1.82) is 0 Å². The number of hydrogen-bond donors (Lipinski definition) is 0. The number of rotatable bonds is 3. The van der Waals surface area contributed by atoms with Crippen molar-refractivity contribution in [3.63, 3.8) is 0 Å². The van der Waals surface area contributed by atoms with E-state index in [1.807, 2.05) is 24.3 Å². The topological polar surface area (TPSA) is 0 Å². The first-order valence-corrected chi connectivity index (χ1v) is 6.47. The molecule has 0 aliphatic carbocycles. The normalized spacial score (nSPS) is 12.8. The van der Waals surface area contributed by atoms with Crippen LogP contribution in [0.25, 0.3) is 0 Å². The number of alkyl halides is 3. The van der Waals surface area contributed by atoms with Gasteiger partial charge in [-0.1, -0.05) is 56.8 Å². The minimum atomic E-state index is -4.12. The summed E-state index contributed by atoms with van der Waals surface area (Å²) in [6.45, 7) is 6.34. The van der Waals surface area contributed by atoms with Gasteiger partial charge in [-0.2, -0.15) is 13.2 Å². The Morgan fingerprint density at radius 3 is 1.94 bits per heavy atom. The average molecular weight is 262 g/mol. The standard InChI is InChI=1S/C13H17F3S/c1-12(2,3)11-6-4-10(5-7-11)8-9-17-13(14,15)16/h4-7H,8-9H2,1-3H3. The maximum atomic E-state index is 11.9. The summed E-state index contributed by atoms with van der Waals surface area (Å²) < 4.78 is 35.8. The Bertz CT molecular complexity index is 346. The highest BCUT2D eigenvalue weighted by Gasteiger charge is 2.27. The molecule has 0 aliphatic heterocycles. The molecule has 1 aromatic carbocycles. The van der Waals surface area contributed by atoms with Gasteiger partial charge in [0.15, 0.2) is 0 Å². The molecule has 4 heteroatoms. The summed E-state index contributed by atoms with van der Waals surface area (Å²) >= 11 is 0.0381. The fraction of sp³-hybridized carbons (Fsp3) is 0.538. The van der Waals surface area contributed by atoms with Crippen LogP contribution in [0, 0.1) is 0 Å². The van der Waals surface area contributed by atoms with Crippen LogP contribution in [0.2, 0.25) is 0 Å². The number of halogens is 3. The number of benzene rings is 1. The molecule has 0 spiro atoms. The van der Waals surface area contributed by atoms with Crippen molar-refractivity contribution < 1.29 is 13.2 Å². The highest BCUT2D eigenvalue weighted by Crippen LogP contribution is 2.30. The molecule has 0 saturated carbocycles. The zero-order chi connectivity index (χ0) is 13.1. The summed E-state index contributed by atoms with van der Waals surface area (Å²) in [6.07, 6.45) is 0.453. The van der Waals surface area contributed by atoms with Crippen molar-refractivity contribution in [1.82, 2.24) is 0 Å². The van der Waals surface area contributed by atoms with Gasteiger partial charge in [0, 0.05) is 5.75 Å². The van der Waals surface area contributed by atoms with Crippen molar-refractivity contribution in [3.05, 3.63) is 35.4 Å². The van der Waals surface area contributed by atoms with Crippen molar-refractivity contribution in [3.8, 4) is 0 Å². The molecule has 0 unspecified atom stereocenters. The van der Waals surface area contributed by atoms with Gasteiger partial charge in [0.2, 0.25) is 0 Å². The van der Waals surface area contributed by atoms with Gasteiger partial charge in [0.25, 0.3) is 0 Å². The molecule has 0 aromatic heterocycles. The quantitative estimate of drug-likeness (QED) is 0.755. The summed E-state index contributed by atoms with van der Waals surface area (Å²) in [6, 6.07) is 7.82. The minimum Gasteiger partial charge on any atom is -0.160 e. The molecule has 17 heavy (non-hydrogen) atoms. The van der Waals surface area contributed by atoms with E-state index in [9.17, 15) is 13.2 Å². The maximum absolute atomic E-state index is 11.9. The van der Waals surface area contributed by atoms with Gasteiger partial charge in [-0.25, -0.2) is 0 Å². The Morgan fingerprint density at radius 1 is 1.00 bits per heavy atom. The van der Waals surface area contributed by atoms with Crippen LogP contribution in [0.5, 0.6) is 0 Å². The van der Waals surface area contributed by atoms with E-state index in [4.69, 9.17) is 0 Å². The summed E-state index contributed by atoms with van der Waals surface area (Å²) in [5.41, 5.74) is -1.88. The van der Waals surface area contributed by atoms with Crippen molar-refractivity contribution in [2.75, 3.05) is 5.75 Å². The van der Waals surface area contributed by atoms with Crippen LogP contribution in [0.15, 0.2) is 24.3 Å². The van der Waals surface area contributed by atoms with Crippen LogP contribution in [0.3, 0.4) is 0 Å². The van der Waals surface area contributed by atoms with Gasteiger partial charge in [-0.3, -0.25) is 0 Å². The fourth-order valence-electron chi connectivity index (χ4n) is 1.46. The molecule has 0 fully saturated rings. The lowest BCUT2D eigenvalue weighted by atomic mass is 9.86.